The molecule has 1 amide bonds. The number of anilines is 1. The third-order valence-corrected chi connectivity index (χ3v) is 5.85. The van der Waals surface area contributed by atoms with Gasteiger partial charge in [0, 0.05) is 36.8 Å². The van der Waals surface area contributed by atoms with Crippen molar-refractivity contribution in [3.63, 3.8) is 0 Å². The highest BCUT2D eigenvalue weighted by Gasteiger charge is 2.25. The van der Waals surface area contributed by atoms with E-state index in [0.717, 1.165) is 31.1 Å². The molecule has 0 saturated carbocycles. The van der Waals surface area contributed by atoms with Gasteiger partial charge in [-0.25, -0.2) is 0 Å². The summed E-state index contributed by atoms with van der Waals surface area (Å²) in [6, 6.07) is 12.2. The fourth-order valence-corrected chi connectivity index (χ4v) is 3.80. The highest BCUT2D eigenvalue weighted by Crippen LogP contribution is 2.28. The number of methoxy groups -OCH3 is 1. The van der Waals surface area contributed by atoms with Gasteiger partial charge < -0.3 is 14.5 Å². The molecule has 1 saturated heterocycles. The molecule has 0 N–H and O–H groups in total. The van der Waals surface area contributed by atoms with Crippen LogP contribution in [-0.4, -0.2) is 50.4 Å². The zero-order valence-electron chi connectivity index (χ0n) is 15.9. The highest BCUT2D eigenvalue weighted by atomic mass is 32.2. The van der Waals surface area contributed by atoms with Crippen molar-refractivity contribution in [3.05, 3.63) is 53.1 Å². The van der Waals surface area contributed by atoms with Gasteiger partial charge >= 0.3 is 0 Å². The minimum absolute atomic E-state index is 0.0510. The molecule has 3 rings (SSSR count). The molecule has 0 atom stereocenters. The number of hydrogen-bond donors (Lipinski definition) is 0. The number of aryl methyl sites for hydroxylation is 1. The third kappa shape index (κ3) is 3.68. The molecular formula is C21H26N2O2S. The Kier molecular flexibility index (Phi) is 5.77. The van der Waals surface area contributed by atoms with Crippen LogP contribution >= 0.6 is 11.8 Å². The molecule has 26 heavy (non-hydrogen) atoms. The quantitative estimate of drug-likeness (QED) is 0.762. The first-order chi connectivity index (χ1) is 12.5. The lowest BCUT2D eigenvalue weighted by molar-refractivity contribution is 0.0743. The van der Waals surface area contributed by atoms with Crippen LogP contribution in [0.25, 0.3) is 0 Å². The van der Waals surface area contributed by atoms with Crippen LogP contribution in [-0.2, 0) is 0 Å². The van der Waals surface area contributed by atoms with Crippen LogP contribution in [0, 0.1) is 13.8 Å². The number of ether oxygens (including phenoxy) is 1. The second kappa shape index (κ2) is 8.04. The second-order valence-corrected chi connectivity index (χ2v) is 7.44. The standard InChI is InChI=1S/C21H26N2O2S/c1-15-6-5-7-19(16(15)2)22-10-12-23(13-11-22)21(24)18-9-8-17(26-4)14-20(18)25-3/h5-9,14H,10-13H2,1-4H3. The average Bonchev–Trinajstić information content (AvgIpc) is 2.69. The molecule has 138 valence electrons. The fourth-order valence-electron chi connectivity index (χ4n) is 3.37. The Morgan fingerprint density at radius 3 is 2.46 bits per heavy atom. The SMILES string of the molecule is COc1cc(SC)ccc1C(=O)N1CCN(c2cccc(C)c2C)CC1. The van der Waals surface area contributed by atoms with E-state index in [1.807, 2.05) is 29.4 Å². The predicted octanol–water partition coefficient (Wildman–Crippen LogP) is 4.00. The largest absolute Gasteiger partial charge is 0.496 e. The molecule has 1 heterocycles. The number of nitrogens with zero attached hydrogens (tertiary/aromatic N) is 2. The van der Waals surface area contributed by atoms with Gasteiger partial charge in [-0.3, -0.25) is 4.79 Å². The number of piperazine rings is 1. The summed E-state index contributed by atoms with van der Waals surface area (Å²) in [4.78, 5) is 18.4. The summed E-state index contributed by atoms with van der Waals surface area (Å²) in [5.74, 6) is 0.703. The van der Waals surface area contributed by atoms with Gasteiger partial charge in [-0.1, -0.05) is 12.1 Å². The van der Waals surface area contributed by atoms with E-state index in [4.69, 9.17) is 4.74 Å². The average molecular weight is 371 g/mol. The molecule has 2 aromatic rings. The summed E-state index contributed by atoms with van der Waals surface area (Å²) in [6.45, 7) is 7.45. The maximum absolute atomic E-state index is 13.0. The maximum Gasteiger partial charge on any atom is 0.257 e. The van der Waals surface area contributed by atoms with Crippen LogP contribution in [0.1, 0.15) is 21.5 Å². The number of carbonyl (C=O) groups excluding carboxylic acids is 1. The number of carbonyl (C=O) groups is 1. The Labute approximate surface area is 160 Å². The molecule has 1 fully saturated rings. The van der Waals surface area contributed by atoms with E-state index in [1.54, 1.807) is 18.9 Å². The van der Waals surface area contributed by atoms with Crippen LogP contribution in [0.3, 0.4) is 0 Å². The van der Waals surface area contributed by atoms with Crippen molar-refractivity contribution in [2.45, 2.75) is 18.7 Å². The first-order valence-electron chi connectivity index (χ1n) is 8.87. The Bertz CT molecular complexity index is 799. The summed E-state index contributed by atoms with van der Waals surface area (Å²) in [5.41, 5.74) is 4.55. The van der Waals surface area contributed by atoms with E-state index in [9.17, 15) is 4.79 Å². The fraction of sp³-hybridized carbons (Fsp3) is 0.381. The Balaban J connectivity index is 1.72. The summed E-state index contributed by atoms with van der Waals surface area (Å²) in [7, 11) is 1.62. The van der Waals surface area contributed by atoms with Crippen molar-refractivity contribution in [3.8, 4) is 5.75 Å². The van der Waals surface area contributed by atoms with Crippen molar-refractivity contribution in [2.24, 2.45) is 0 Å². The predicted molar refractivity (Wildman–Crippen MR) is 109 cm³/mol. The van der Waals surface area contributed by atoms with Gasteiger partial charge in [0.15, 0.2) is 0 Å². The van der Waals surface area contributed by atoms with Gasteiger partial charge in [-0.05, 0) is 55.5 Å². The van der Waals surface area contributed by atoms with E-state index in [1.165, 1.54) is 16.8 Å². The number of amides is 1. The maximum atomic E-state index is 13.0. The molecule has 0 bridgehead atoms. The van der Waals surface area contributed by atoms with Crippen LogP contribution in [0.5, 0.6) is 5.75 Å². The van der Waals surface area contributed by atoms with Gasteiger partial charge in [-0.15, -0.1) is 11.8 Å². The molecule has 5 heteroatoms. The van der Waals surface area contributed by atoms with Gasteiger partial charge in [0.25, 0.3) is 5.91 Å². The molecule has 0 unspecified atom stereocenters. The first kappa shape index (κ1) is 18.6. The Hall–Kier alpha value is -2.14. The lowest BCUT2D eigenvalue weighted by atomic mass is 10.1. The molecule has 1 aliphatic heterocycles. The number of hydrogen-bond acceptors (Lipinski definition) is 4. The Morgan fingerprint density at radius 1 is 1.08 bits per heavy atom. The molecular weight excluding hydrogens is 344 g/mol. The van der Waals surface area contributed by atoms with Crippen molar-refractivity contribution in [1.82, 2.24) is 4.90 Å². The number of thioether (sulfide) groups is 1. The van der Waals surface area contributed by atoms with Gasteiger partial charge in [-0.2, -0.15) is 0 Å². The summed E-state index contributed by atoms with van der Waals surface area (Å²) in [6.07, 6.45) is 2.02. The summed E-state index contributed by atoms with van der Waals surface area (Å²) in [5, 5.41) is 0. The van der Waals surface area contributed by atoms with Crippen LogP contribution in [0.15, 0.2) is 41.3 Å². The van der Waals surface area contributed by atoms with E-state index in [-0.39, 0.29) is 5.91 Å². The van der Waals surface area contributed by atoms with Crippen molar-refractivity contribution >= 4 is 23.4 Å². The second-order valence-electron chi connectivity index (χ2n) is 6.56. The highest BCUT2D eigenvalue weighted by molar-refractivity contribution is 7.98. The number of rotatable bonds is 4. The zero-order valence-corrected chi connectivity index (χ0v) is 16.7. The van der Waals surface area contributed by atoms with E-state index >= 15 is 0 Å². The molecule has 0 radical (unpaired) electrons. The van der Waals surface area contributed by atoms with Crippen molar-refractivity contribution < 1.29 is 9.53 Å². The zero-order chi connectivity index (χ0) is 18.7. The molecule has 2 aromatic carbocycles. The lowest BCUT2D eigenvalue weighted by Crippen LogP contribution is -2.49. The van der Waals surface area contributed by atoms with E-state index in [2.05, 4.69) is 36.9 Å². The molecule has 1 aliphatic rings. The smallest absolute Gasteiger partial charge is 0.257 e. The van der Waals surface area contributed by atoms with Crippen molar-refractivity contribution in [1.29, 1.82) is 0 Å². The molecule has 0 aromatic heterocycles. The third-order valence-electron chi connectivity index (χ3n) is 5.12. The van der Waals surface area contributed by atoms with Gasteiger partial charge in [0.2, 0.25) is 0 Å². The van der Waals surface area contributed by atoms with E-state index < -0.39 is 0 Å². The molecule has 4 nitrogen and oxygen atoms in total. The molecule has 0 aliphatic carbocycles. The Morgan fingerprint density at radius 2 is 1.81 bits per heavy atom. The van der Waals surface area contributed by atoms with E-state index in [0.29, 0.717) is 11.3 Å². The summed E-state index contributed by atoms with van der Waals surface area (Å²) < 4.78 is 5.45. The minimum atomic E-state index is 0.0510. The number of benzene rings is 2. The normalized spacial score (nSPS) is 14.5. The summed E-state index contributed by atoms with van der Waals surface area (Å²) >= 11 is 1.64. The topological polar surface area (TPSA) is 32.8 Å². The van der Waals surface area contributed by atoms with Crippen LogP contribution < -0.4 is 9.64 Å². The minimum Gasteiger partial charge on any atom is -0.496 e. The van der Waals surface area contributed by atoms with Gasteiger partial charge in [0.1, 0.15) is 5.75 Å². The van der Waals surface area contributed by atoms with Gasteiger partial charge in [0.05, 0.1) is 12.7 Å². The lowest BCUT2D eigenvalue weighted by Gasteiger charge is -2.37. The van der Waals surface area contributed by atoms with Crippen molar-refractivity contribution in [2.75, 3.05) is 44.4 Å². The van der Waals surface area contributed by atoms with Crippen LogP contribution in [0.2, 0.25) is 0 Å². The monoisotopic (exact) mass is 370 g/mol. The molecule has 0 spiro atoms. The van der Waals surface area contributed by atoms with Crippen LogP contribution in [0.4, 0.5) is 5.69 Å². The first-order valence-corrected chi connectivity index (χ1v) is 10.1.